The third-order valence-electron chi connectivity index (χ3n) is 1.77. The summed E-state index contributed by atoms with van der Waals surface area (Å²) in [6.45, 7) is 4.33. The molecule has 0 aromatic carbocycles. The standard InChI is InChI=1S/C9H17N3O2/c1-9(2,10)5-4-8-11-7(6-13-3)12-14-8/h4-6,10H2,1-3H3. The van der Waals surface area contributed by atoms with Crippen LogP contribution in [-0.4, -0.2) is 22.8 Å². The molecule has 14 heavy (non-hydrogen) atoms. The van der Waals surface area contributed by atoms with Gasteiger partial charge < -0.3 is 15.0 Å². The van der Waals surface area contributed by atoms with Crippen LogP contribution in [0.1, 0.15) is 32.0 Å². The Labute approximate surface area is 83.6 Å². The summed E-state index contributed by atoms with van der Waals surface area (Å²) in [5.74, 6) is 1.20. The maximum atomic E-state index is 5.83. The Kier molecular flexibility index (Phi) is 3.60. The molecule has 1 aromatic rings. The lowest BCUT2D eigenvalue weighted by Crippen LogP contribution is -2.32. The van der Waals surface area contributed by atoms with E-state index in [0.29, 0.717) is 24.7 Å². The van der Waals surface area contributed by atoms with Gasteiger partial charge in [0.1, 0.15) is 6.61 Å². The first-order chi connectivity index (χ1) is 6.51. The molecular formula is C9H17N3O2. The average molecular weight is 199 g/mol. The predicted molar refractivity (Wildman–Crippen MR) is 51.6 cm³/mol. The third-order valence-corrected chi connectivity index (χ3v) is 1.77. The van der Waals surface area contributed by atoms with Crippen LogP contribution in [0.2, 0.25) is 0 Å². The van der Waals surface area contributed by atoms with E-state index in [1.807, 2.05) is 13.8 Å². The molecule has 0 bridgehead atoms. The van der Waals surface area contributed by atoms with Crippen LogP contribution in [0.15, 0.2) is 4.52 Å². The molecule has 0 saturated heterocycles. The molecule has 1 aromatic heterocycles. The van der Waals surface area contributed by atoms with E-state index in [2.05, 4.69) is 10.1 Å². The summed E-state index contributed by atoms with van der Waals surface area (Å²) < 4.78 is 9.89. The highest BCUT2D eigenvalue weighted by Crippen LogP contribution is 2.09. The van der Waals surface area contributed by atoms with Crippen molar-refractivity contribution in [2.24, 2.45) is 5.73 Å². The van der Waals surface area contributed by atoms with Gasteiger partial charge in [0.05, 0.1) is 0 Å². The number of rotatable bonds is 5. The van der Waals surface area contributed by atoms with Gasteiger partial charge in [0, 0.05) is 19.1 Å². The van der Waals surface area contributed by atoms with Gasteiger partial charge in [-0.3, -0.25) is 0 Å². The van der Waals surface area contributed by atoms with E-state index in [0.717, 1.165) is 6.42 Å². The lowest BCUT2D eigenvalue weighted by Gasteiger charge is -2.16. The maximum Gasteiger partial charge on any atom is 0.226 e. The van der Waals surface area contributed by atoms with Crippen molar-refractivity contribution in [2.45, 2.75) is 38.8 Å². The lowest BCUT2D eigenvalue weighted by molar-refractivity contribution is 0.174. The van der Waals surface area contributed by atoms with Crippen molar-refractivity contribution in [2.75, 3.05) is 7.11 Å². The van der Waals surface area contributed by atoms with Crippen LogP contribution in [-0.2, 0) is 17.8 Å². The van der Waals surface area contributed by atoms with E-state index in [1.165, 1.54) is 0 Å². The lowest BCUT2D eigenvalue weighted by atomic mass is 10.0. The number of nitrogens with two attached hydrogens (primary N) is 1. The fourth-order valence-corrected chi connectivity index (χ4v) is 1.01. The molecule has 5 heteroatoms. The first kappa shape index (κ1) is 11.1. The molecule has 0 atom stereocenters. The SMILES string of the molecule is COCc1noc(CCC(C)(C)N)n1. The van der Waals surface area contributed by atoms with Crippen molar-refractivity contribution in [3.63, 3.8) is 0 Å². The third kappa shape index (κ3) is 3.85. The first-order valence-electron chi connectivity index (χ1n) is 4.60. The summed E-state index contributed by atoms with van der Waals surface area (Å²) in [5, 5.41) is 3.75. The molecule has 0 aliphatic rings. The molecule has 0 unspecified atom stereocenters. The van der Waals surface area contributed by atoms with Crippen LogP contribution in [0.4, 0.5) is 0 Å². The van der Waals surface area contributed by atoms with Crippen LogP contribution in [0.25, 0.3) is 0 Å². The monoisotopic (exact) mass is 199 g/mol. The molecule has 80 valence electrons. The molecule has 0 aliphatic heterocycles. The van der Waals surface area contributed by atoms with Crippen LogP contribution in [0.3, 0.4) is 0 Å². The van der Waals surface area contributed by atoms with Crippen molar-refractivity contribution in [1.82, 2.24) is 10.1 Å². The molecule has 0 saturated carbocycles. The second-order valence-corrected chi connectivity index (χ2v) is 4.03. The minimum atomic E-state index is -0.199. The Bertz CT molecular complexity index is 278. The summed E-state index contributed by atoms with van der Waals surface area (Å²) >= 11 is 0. The van der Waals surface area contributed by atoms with Crippen LogP contribution in [0.5, 0.6) is 0 Å². The molecule has 0 radical (unpaired) electrons. The molecule has 0 amide bonds. The van der Waals surface area contributed by atoms with Crippen molar-refractivity contribution in [3.8, 4) is 0 Å². The molecule has 0 fully saturated rings. The van der Waals surface area contributed by atoms with Crippen LogP contribution >= 0.6 is 0 Å². The Morgan fingerprint density at radius 3 is 2.79 bits per heavy atom. The van der Waals surface area contributed by atoms with Crippen molar-refractivity contribution in [1.29, 1.82) is 0 Å². The Morgan fingerprint density at radius 1 is 1.50 bits per heavy atom. The number of aryl methyl sites for hydroxylation is 1. The van der Waals surface area contributed by atoms with Gasteiger partial charge in [0.2, 0.25) is 5.89 Å². The van der Waals surface area contributed by atoms with Gasteiger partial charge >= 0.3 is 0 Å². The van der Waals surface area contributed by atoms with Gasteiger partial charge in [-0.05, 0) is 20.3 Å². The van der Waals surface area contributed by atoms with Gasteiger partial charge in [-0.15, -0.1) is 0 Å². The summed E-state index contributed by atoms with van der Waals surface area (Å²) in [6, 6.07) is 0. The predicted octanol–water partition coefficient (Wildman–Crippen LogP) is 0.886. The highest BCUT2D eigenvalue weighted by Gasteiger charge is 2.13. The van der Waals surface area contributed by atoms with Crippen LogP contribution < -0.4 is 5.73 Å². The van der Waals surface area contributed by atoms with E-state index in [-0.39, 0.29) is 5.54 Å². The highest BCUT2D eigenvalue weighted by atomic mass is 16.5. The maximum absolute atomic E-state index is 5.83. The normalized spacial score (nSPS) is 12.0. The second kappa shape index (κ2) is 4.52. The summed E-state index contributed by atoms with van der Waals surface area (Å²) in [7, 11) is 1.60. The average Bonchev–Trinajstić information content (AvgIpc) is 2.49. The molecule has 2 N–H and O–H groups in total. The first-order valence-corrected chi connectivity index (χ1v) is 4.60. The van der Waals surface area contributed by atoms with Crippen LogP contribution in [0, 0.1) is 0 Å². The Balaban J connectivity index is 2.44. The van der Waals surface area contributed by atoms with E-state index in [1.54, 1.807) is 7.11 Å². The number of nitrogens with zero attached hydrogens (tertiary/aromatic N) is 2. The minimum Gasteiger partial charge on any atom is -0.377 e. The molecule has 1 rings (SSSR count). The Hall–Kier alpha value is -0.940. The highest BCUT2D eigenvalue weighted by molar-refractivity contribution is 4.87. The molecule has 5 nitrogen and oxygen atoms in total. The van der Waals surface area contributed by atoms with Crippen molar-refractivity contribution >= 4 is 0 Å². The summed E-state index contributed by atoms with van der Waals surface area (Å²) in [6.07, 6.45) is 1.53. The van der Waals surface area contributed by atoms with Gasteiger partial charge in [0.25, 0.3) is 0 Å². The van der Waals surface area contributed by atoms with E-state index in [4.69, 9.17) is 15.0 Å². The Morgan fingerprint density at radius 2 is 2.21 bits per heavy atom. The fourth-order valence-electron chi connectivity index (χ4n) is 1.01. The zero-order valence-corrected chi connectivity index (χ0v) is 8.91. The van der Waals surface area contributed by atoms with Gasteiger partial charge in [0.15, 0.2) is 5.82 Å². The number of hydrogen-bond acceptors (Lipinski definition) is 5. The summed E-state index contributed by atoms with van der Waals surface area (Å²) in [5.41, 5.74) is 5.64. The van der Waals surface area contributed by atoms with E-state index < -0.39 is 0 Å². The van der Waals surface area contributed by atoms with Gasteiger partial charge in [-0.25, -0.2) is 0 Å². The minimum absolute atomic E-state index is 0.199. The van der Waals surface area contributed by atoms with Gasteiger partial charge in [-0.1, -0.05) is 5.16 Å². The molecular weight excluding hydrogens is 182 g/mol. The fraction of sp³-hybridized carbons (Fsp3) is 0.778. The molecule has 1 heterocycles. The van der Waals surface area contributed by atoms with Crippen molar-refractivity contribution < 1.29 is 9.26 Å². The van der Waals surface area contributed by atoms with E-state index >= 15 is 0 Å². The zero-order valence-electron chi connectivity index (χ0n) is 8.91. The second-order valence-electron chi connectivity index (χ2n) is 4.03. The number of aromatic nitrogens is 2. The molecule has 0 aliphatic carbocycles. The number of methoxy groups -OCH3 is 1. The zero-order chi connectivity index (χ0) is 10.6. The number of ether oxygens (including phenoxy) is 1. The summed E-state index contributed by atoms with van der Waals surface area (Å²) in [4.78, 5) is 4.14. The number of hydrogen-bond donors (Lipinski definition) is 1. The molecule has 0 spiro atoms. The van der Waals surface area contributed by atoms with E-state index in [9.17, 15) is 0 Å². The van der Waals surface area contributed by atoms with Gasteiger partial charge in [-0.2, -0.15) is 4.98 Å². The topological polar surface area (TPSA) is 74.2 Å². The quantitative estimate of drug-likeness (QED) is 0.762. The smallest absolute Gasteiger partial charge is 0.226 e. The largest absolute Gasteiger partial charge is 0.377 e. The van der Waals surface area contributed by atoms with Crippen molar-refractivity contribution in [3.05, 3.63) is 11.7 Å².